The Morgan fingerprint density at radius 2 is 1.67 bits per heavy atom. The van der Waals surface area contributed by atoms with Gasteiger partial charge in [-0.1, -0.05) is 61.0 Å². The van der Waals surface area contributed by atoms with Crippen LogP contribution < -0.4 is 10.1 Å². The van der Waals surface area contributed by atoms with Crippen LogP contribution in [0.4, 0.5) is 0 Å². The van der Waals surface area contributed by atoms with E-state index in [1.54, 1.807) is 11.8 Å². The predicted molar refractivity (Wildman–Crippen MR) is 123 cm³/mol. The van der Waals surface area contributed by atoms with Crippen molar-refractivity contribution in [1.82, 2.24) is 10.2 Å². The fourth-order valence-corrected chi connectivity index (χ4v) is 3.21. The zero-order valence-electron chi connectivity index (χ0n) is 18.2. The fourth-order valence-electron chi connectivity index (χ4n) is 2.94. The van der Waals surface area contributed by atoms with Crippen LogP contribution in [0.2, 0.25) is 0 Å². The molecule has 2 aromatic rings. The summed E-state index contributed by atoms with van der Waals surface area (Å²) in [5, 5.41) is 2.87. The average molecular weight is 475 g/mol. The van der Waals surface area contributed by atoms with Crippen molar-refractivity contribution in [2.75, 3.05) is 13.2 Å². The van der Waals surface area contributed by atoms with Gasteiger partial charge in [-0.05, 0) is 54.7 Å². The molecule has 6 heteroatoms. The van der Waals surface area contributed by atoms with Crippen LogP contribution in [0.3, 0.4) is 0 Å². The van der Waals surface area contributed by atoms with Crippen molar-refractivity contribution in [3.8, 4) is 5.75 Å². The SMILES string of the molecule is CCCNC(=O)[C@H](C)N(Cc1ccc(Br)cc1)C(=O)COc1ccc(C(C)C)cc1. The highest BCUT2D eigenvalue weighted by atomic mass is 79.9. The van der Waals surface area contributed by atoms with Crippen LogP contribution in [0.5, 0.6) is 5.75 Å². The summed E-state index contributed by atoms with van der Waals surface area (Å²) in [6.45, 7) is 8.80. The zero-order valence-corrected chi connectivity index (χ0v) is 19.7. The lowest BCUT2D eigenvalue weighted by Crippen LogP contribution is -2.49. The highest BCUT2D eigenvalue weighted by Crippen LogP contribution is 2.19. The molecule has 0 saturated heterocycles. The molecule has 0 spiro atoms. The van der Waals surface area contributed by atoms with E-state index in [0.29, 0.717) is 24.8 Å². The van der Waals surface area contributed by atoms with Gasteiger partial charge in [-0.2, -0.15) is 0 Å². The van der Waals surface area contributed by atoms with E-state index in [9.17, 15) is 9.59 Å². The largest absolute Gasteiger partial charge is 0.484 e. The standard InChI is InChI=1S/C24H31BrN2O3/c1-5-14-26-24(29)18(4)27(15-19-6-10-21(25)11-7-19)23(28)16-30-22-12-8-20(9-13-22)17(2)3/h6-13,17-18H,5,14-16H2,1-4H3,(H,26,29)/t18-/m0/s1. The summed E-state index contributed by atoms with van der Waals surface area (Å²) in [6.07, 6.45) is 0.842. The van der Waals surface area contributed by atoms with E-state index in [2.05, 4.69) is 35.1 Å². The second kappa shape index (κ2) is 11.7. The molecular formula is C24H31BrN2O3. The summed E-state index contributed by atoms with van der Waals surface area (Å²) in [6, 6.07) is 14.9. The number of carbonyl (C=O) groups is 2. The van der Waals surface area contributed by atoms with Gasteiger partial charge in [-0.3, -0.25) is 9.59 Å². The molecule has 2 amide bonds. The lowest BCUT2D eigenvalue weighted by Gasteiger charge is -2.28. The van der Waals surface area contributed by atoms with Gasteiger partial charge in [0.25, 0.3) is 5.91 Å². The summed E-state index contributed by atoms with van der Waals surface area (Å²) in [5.41, 5.74) is 2.16. The minimum atomic E-state index is -0.598. The van der Waals surface area contributed by atoms with Crippen LogP contribution in [0.15, 0.2) is 53.0 Å². The lowest BCUT2D eigenvalue weighted by molar-refractivity contribution is -0.142. The van der Waals surface area contributed by atoms with Crippen LogP contribution in [0.1, 0.15) is 51.2 Å². The summed E-state index contributed by atoms with van der Waals surface area (Å²) < 4.78 is 6.68. The Morgan fingerprint density at radius 3 is 2.23 bits per heavy atom. The van der Waals surface area contributed by atoms with E-state index in [-0.39, 0.29) is 18.4 Å². The second-order valence-electron chi connectivity index (χ2n) is 7.63. The third kappa shape index (κ3) is 7.17. The molecule has 0 aliphatic carbocycles. The summed E-state index contributed by atoms with van der Waals surface area (Å²) in [5.74, 6) is 0.678. The maximum Gasteiger partial charge on any atom is 0.261 e. The van der Waals surface area contributed by atoms with Crippen LogP contribution in [-0.2, 0) is 16.1 Å². The van der Waals surface area contributed by atoms with Gasteiger partial charge in [0.15, 0.2) is 6.61 Å². The van der Waals surface area contributed by atoms with E-state index < -0.39 is 6.04 Å². The van der Waals surface area contributed by atoms with E-state index >= 15 is 0 Å². The zero-order chi connectivity index (χ0) is 22.1. The topological polar surface area (TPSA) is 58.6 Å². The number of rotatable bonds is 10. The Labute approximate surface area is 187 Å². The number of halogens is 1. The molecule has 2 rings (SSSR count). The van der Waals surface area contributed by atoms with Gasteiger partial charge in [0, 0.05) is 17.6 Å². The Kier molecular flexibility index (Phi) is 9.37. The van der Waals surface area contributed by atoms with E-state index in [0.717, 1.165) is 16.5 Å². The van der Waals surface area contributed by atoms with Crippen LogP contribution >= 0.6 is 15.9 Å². The fraction of sp³-hybridized carbons (Fsp3) is 0.417. The number of amides is 2. The molecule has 0 aromatic heterocycles. The number of benzene rings is 2. The summed E-state index contributed by atoms with van der Waals surface area (Å²) >= 11 is 3.42. The van der Waals surface area contributed by atoms with Crippen molar-refractivity contribution in [3.63, 3.8) is 0 Å². The lowest BCUT2D eigenvalue weighted by atomic mass is 10.0. The number of carbonyl (C=O) groups excluding carboxylic acids is 2. The molecule has 1 atom stereocenters. The molecule has 0 radical (unpaired) electrons. The van der Waals surface area contributed by atoms with Crippen molar-refractivity contribution in [3.05, 3.63) is 64.1 Å². The first kappa shape index (κ1) is 23.9. The molecule has 5 nitrogen and oxygen atoms in total. The van der Waals surface area contributed by atoms with Gasteiger partial charge in [-0.25, -0.2) is 0 Å². The first-order valence-electron chi connectivity index (χ1n) is 10.4. The Morgan fingerprint density at radius 1 is 1.03 bits per heavy atom. The van der Waals surface area contributed by atoms with Gasteiger partial charge in [0.1, 0.15) is 11.8 Å². The minimum Gasteiger partial charge on any atom is -0.484 e. The third-order valence-electron chi connectivity index (χ3n) is 4.89. The highest BCUT2D eigenvalue weighted by molar-refractivity contribution is 9.10. The molecule has 0 aliphatic rings. The summed E-state index contributed by atoms with van der Waals surface area (Å²) in [4.78, 5) is 27.1. The molecular weight excluding hydrogens is 444 g/mol. The minimum absolute atomic E-state index is 0.122. The molecule has 0 heterocycles. The molecule has 1 N–H and O–H groups in total. The van der Waals surface area contributed by atoms with Gasteiger partial charge in [0.2, 0.25) is 5.91 Å². The van der Waals surface area contributed by atoms with Gasteiger partial charge in [0.05, 0.1) is 0 Å². The predicted octanol–water partition coefficient (Wildman–Crippen LogP) is 4.89. The van der Waals surface area contributed by atoms with Crippen molar-refractivity contribution in [2.24, 2.45) is 0 Å². The maximum absolute atomic E-state index is 13.0. The molecule has 0 saturated carbocycles. The van der Waals surface area contributed by atoms with Crippen molar-refractivity contribution >= 4 is 27.7 Å². The quantitative estimate of drug-likeness (QED) is 0.532. The van der Waals surface area contributed by atoms with Crippen molar-refractivity contribution in [1.29, 1.82) is 0 Å². The number of hydrogen-bond acceptors (Lipinski definition) is 3. The van der Waals surface area contributed by atoms with Gasteiger partial charge >= 0.3 is 0 Å². The normalized spacial score (nSPS) is 11.8. The van der Waals surface area contributed by atoms with E-state index in [1.807, 2.05) is 55.5 Å². The van der Waals surface area contributed by atoms with Crippen molar-refractivity contribution < 1.29 is 14.3 Å². The first-order valence-corrected chi connectivity index (χ1v) is 11.2. The molecule has 0 unspecified atom stereocenters. The number of ether oxygens (including phenoxy) is 1. The van der Waals surface area contributed by atoms with Crippen molar-refractivity contribution in [2.45, 2.75) is 52.6 Å². The number of nitrogens with zero attached hydrogens (tertiary/aromatic N) is 1. The van der Waals surface area contributed by atoms with Crippen LogP contribution in [0.25, 0.3) is 0 Å². The Bertz CT molecular complexity index is 819. The Balaban J connectivity index is 2.09. The van der Waals surface area contributed by atoms with Gasteiger partial charge in [-0.15, -0.1) is 0 Å². The molecule has 2 aromatic carbocycles. The molecule has 0 fully saturated rings. The molecule has 0 bridgehead atoms. The smallest absolute Gasteiger partial charge is 0.261 e. The van der Waals surface area contributed by atoms with E-state index in [4.69, 9.17) is 4.74 Å². The van der Waals surface area contributed by atoms with Crippen LogP contribution in [-0.4, -0.2) is 35.9 Å². The molecule has 30 heavy (non-hydrogen) atoms. The monoisotopic (exact) mass is 474 g/mol. The van der Waals surface area contributed by atoms with E-state index in [1.165, 1.54) is 5.56 Å². The average Bonchev–Trinajstić information content (AvgIpc) is 2.75. The summed E-state index contributed by atoms with van der Waals surface area (Å²) in [7, 11) is 0. The second-order valence-corrected chi connectivity index (χ2v) is 8.54. The molecule has 0 aliphatic heterocycles. The number of hydrogen-bond donors (Lipinski definition) is 1. The maximum atomic E-state index is 13.0. The highest BCUT2D eigenvalue weighted by Gasteiger charge is 2.26. The number of nitrogens with one attached hydrogen (secondary N) is 1. The van der Waals surface area contributed by atoms with Gasteiger partial charge < -0.3 is 15.0 Å². The van der Waals surface area contributed by atoms with Crippen LogP contribution in [0, 0.1) is 0 Å². The first-order chi connectivity index (χ1) is 14.3. The molecule has 162 valence electrons. The Hall–Kier alpha value is -2.34. The third-order valence-corrected chi connectivity index (χ3v) is 5.42.